The van der Waals surface area contributed by atoms with Crippen LogP contribution in [-0.4, -0.2) is 20.2 Å². The molecule has 4 rings (SSSR count). The molecule has 0 saturated heterocycles. The van der Waals surface area contributed by atoms with Crippen LogP contribution < -0.4 is 4.74 Å². The van der Waals surface area contributed by atoms with Crippen molar-refractivity contribution in [3.05, 3.63) is 53.9 Å². The summed E-state index contributed by atoms with van der Waals surface area (Å²) in [5.74, 6) is -1.12. The quantitative estimate of drug-likeness (QED) is 0.737. The fourth-order valence-corrected chi connectivity index (χ4v) is 2.82. The highest BCUT2D eigenvalue weighted by Gasteiger charge is 2.16. The van der Waals surface area contributed by atoms with E-state index in [0.717, 1.165) is 42.5 Å². The highest BCUT2D eigenvalue weighted by molar-refractivity contribution is 5.77. The first kappa shape index (κ1) is 14.7. The van der Waals surface area contributed by atoms with E-state index in [9.17, 15) is 8.78 Å². The van der Waals surface area contributed by atoms with Crippen molar-refractivity contribution in [3.8, 4) is 11.8 Å². The number of aromatic amines is 1. The first-order valence-corrected chi connectivity index (χ1v) is 7.68. The molecule has 7 heteroatoms. The Morgan fingerprint density at radius 1 is 1.29 bits per heavy atom. The zero-order valence-corrected chi connectivity index (χ0v) is 12.7. The first-order chi connectivity index (χ1) is 11.7. The summed E-state index contributed by atoms with van der Waals surface area (Å²) in [6.07, 6.45) is 9.09. The Hall–Kier alpha value is -2.83. The minimum absolute atomic E-state index is 0.0354. The largest absolute Gasteiger partial charge is 0.421 e. The number of H-pyrrole nitrogens is 1. The highest BCUT2D eigenvalue weighted by Crippen LogP contribution is 2.26. The van der Waals surface area contributed by atoms with Gasteiger partial charge in [-0.1, -0.05) is 12.2 Å². The molecule has 1 unspecified atom stereocenters. The number of allylic oxidation sites excluding steroid dienone is 2. The molecule has 0 saturated carbocycles. The Labute approximate surface area is 136 Å². The summed E-state index contributed by atoms with van der Waals surface area (Å²) in [7, 11) is 0. The third kappa shape index (κ3) is 2.84. The van der Waals surface area contributed by atoms with Gasteiger partial charge in [-0.3, -0.25) is 5.10 Å². The average molecular weight is 328 g/mol. The molecule has 2 heterocycles. The molecule has 1 atom stereocenters. The van der Waals surface area contributed by atoms with Crippen molar-refractivity contribution in [3.63, 3.8) is 0 Å². The molecule has 1 N–H and O–H groups in total. The van der Waals surface area contributed by atoms with Crippen molar-refractivity contribution in [1.29, 1.82) is 0 Å². The van der Waals surface area contributed by atoms with Crippen LogP contribution in [0.1, 0.15) is 18.5 Å². The van der Waals surface area contributed by atoms with Crippen LogP contribution in [0.4, 0.5) is 8.78 Å². The zero-order chi connectivity index (χ0) is 16.5. The van der Waals surface area contributed by atoms with Gasteiger partial charge < -0.3 is 4.74 Å². The molecule has 0 spiro atoms. The molecule has 2 aromatic heterocycles. The summed E-state index contributed by atoms with van der Waals surface area (Å²) in [5, 5.41) is 7.97. The minimum atomic E-state index is -0.811. The van der Waals surface area contributed by atoms with Crippen molar-refractivity contribution in [1.82, 2.24) is 20.2 Å². The SMILES string of the molecule is Fc1ccc(Oc2ncc3c(CC4C=CCC4)[nH]nc3n2)c(F)c1. The molecule has 0 bridgehead atoms. The molecule has 24 heavy (non-hydrogen) atoms. The number of rotatable bonds is 4. The third-order valence-corrected chi connectivity index (χ3v) is 4.04. The van der Waals surface area contributed by atoms with Crippen LogP contribution in [0.5, 0.6) is 11.8 Å². The Bertz CT molecular complexity index is 922. The summed E-state index contributed by atoms with van der Waals surface area (Å²) in [5.41, 5.74) is 1.43. The second-order valence-corrected chi connectivity index (χ2v) is 5.74. The molecule has 0 amide bonds. The molecule has 1 aliphatic rings. The molecular formula is C17H14F2N4O. The number of ether oxygens (including phenoxy) is 1. The maximum absolute atomic E-state index is 13.6. The first-order valence-electron chi connectivity index (χ1n) is 7.68. The van der Waals surface area contributed by atoms with Gasteiger partial charge in [-0.15, -0.1) is 0 Å². The number of nitrogens with zero attached hydrogens (tertiary/aromatic N) is 3. The molecule has 0 fully saturated rings. The van der Waals surface area contributed by atoms with Gasteiger partial charge >= 0.3 is 6.01 Å². The van der Waals surface area contributed by atoms with Crippen LogP contribution in [0.2, 0.25) is 0 Å². The van der Waals surface area contributed by atoms with Gasteiger partial charge in [0, 0.05) is 18.0 Å². The predicted molar refractivity (Wildman–Crippen MR) is 83.7 cm³/mol. The van der Waals surface area contributed by atoms with Crippen LogP contribution in [-0.2, 0) is 6.42 Å². The Morgan fingerprint density at radius 2 is 2.21 bits per heavy atom. The number of hydrogen-bond donors (Lipinski definition) is 1. The number of aromatic nitrogens is 4. The van der Waals surface area contributed by atoms with E-state index in [1.54, 1.807) is 6.20 Å². The lowest BCUT2D eigenvalue weighted by molar-refractivity contribution is 0.409. The number of halogens is 2. The van der Waals surface area contributed by atoms with Gasteiger partial charge in [-0.25, -0.2) is 13.8 Å². The Balaban J connectivity index is 1.58. The van der Waals surface area contributed by atoms with E-state index < -0.39 is 11.6 Å². The van der Waals surface area contributed by atoms with E-state index in [4.69, 9.17) is 4.74 Å². The molecule has 122 valence electrons. The summed E-state index contributed by atoms with van der Waals surface area (Å²) < 4.78 is 31.8. The summed E-state index contributed by atoms with van der Waals surface area (Å²) >= 11 is 0. The number of fused-ring (bicyclic) bond motifs is 1. The zero-order valence-electron chi connectivity index (χ0n) is 12.7. The fourth-order valence-electron chi connectivity index (χ4n) is 2.82. The van der Waals surface area contributed by atoms with Crippen LogP contribution in [0.15, 0.2) is 36.5 Å². The molecule has 0 radical (unpaired) electrons. The molecule has 3 aromatic rings. The van der Waals surface area contributed by atoms with Crippen molar-refractivity contribution in [2.24, 2.45) is 5.92 Å². The summed E-state index contributed by atoms with van der Waals surface area (Å²) in [4.78, 5) is 8.28. The predicted octanol–water partition coefficient (Wildman–Crippen LogP) is 3.93. The smallest absolute Gasteiger partial charge is 0.324 e. The van der Waals surface area contributed by atoms with Gasteiger partial charge in [-0.2, -0.15) is 10.1 Å². The van der Waals surface area contributed by atoms with Crippen molar-refractivity contribution in [2.75, 3.05) is 0 Å². The molecule has 0 aliphatic heterocycles. The third-order valence-electron chi connectivity index (χ3n) is 4.04. The molecule has 1 aromatic carbocycles. The van der Waals surface area contributed by atoms with Gasteiger partial charge in [0.05, 0.1) is 5.39 Å². The summed E-state index contributed by atoms with van der Waals surface area (Å²) in [6, 6.07) is 3.02. The second-order valence-electron chi connectivity index (χ2n) is 5.74. The van der Waals surface area contributed by atoms with E-state index in [2.05, 4.69) is 32.3 Å². The van der Waals surface area contributed by atoms with Crippen molar-refractivity contribution in [2.45, 2.75) is 19.3 Å². The molecule has 1 aliphatic carbocycles. The lowest BCUT2D eigenvalue weighted by Crippen LogP contribution is -1.99. The molecule has 5 nitrogen and oxygen atoms in total. The van der Waals surface area contributed by atoms with Crippen LogP contribution >= 0.6 is 0 Å². The standard InChI is InChI=1S/C17H14F2N4O/c18-11-5-6-15(13(19)8-11)24-17-20-9-12-14(22-23-16(12)21-17)7-10-3-1-2-4-10/h1,3,5-6,8-10H,2,4,7H2,(H,20,21,22,23). The topological polar surface area (TPSA) is 63.7 Å². The molecular weight excluding hydrogens is 314 g/mol. The highest BCUT2D eigenvalue weighted by atomic mass is 19.1. The second kappa shape index (κ2) is 5.99. The van der Waals surface area contributed by atoms with E-state index in [1.165, 1.54) is 6.07 Å². The van der Waals surface area contributed by atoms with E-state index in [1.807, 2.05) is 0 Å². The fraction of sp³-hybridized carbons (Fsp3) is 0.235. The monoisotopic (exact) mass is 328 g/mol. The van der Waals surface area contributed by atoms with Gasteiger partial charge in [0.1, 0.15) is 5.82 Å². The number of hydrogen-bond acceptors (Lipinski definition) is 4. The van der Waals surface area contributed by atoms with Gasteiger partial charge in [-0.05, 0) is 37.3 Å². The van der Waals surface area contributed by atoms with Crippen molar-refractivity contribution >= 4 is 11.0 Å². The summed E-state index contributed by atoms with van der Waals surface area (Å²) in [6.45, 7) is 0. The lowest BCUT2D eigenvalue weighted by Gasteiger charge is -2.06. The van der Waals surface area contributed by atoms with Crippen molar-refractivity contribution < 1.29 is 13.5 Å². The average Bonchev–Trinajstić information content (AvgIpc) is 3.21. The van der Waals surface area contributed by atoms with E-state index in [-0.39, 0.29) is 11.8 Å². The Morgan fingerprint density at radius 3 is 3.00 bits per heavy atom. The van der Waals surface area contributed by atoms with Gasteiger partial charge in [0.25, 0.3) is 0 Å². The van der Waals surface area contributed by atoms with E-state index >= 15 is 0 Å². The normalized spacial score (nSPS) is 16.8. The minimum Gasteiger partial charge on any atom is -0.421 e. The number of nitrogens with one attached hydrogen (secondary N) is 1. The Kier molecular flexibility index (Phi) is 3.68. The van der Waals surface area contributed by atoms with Gasteiger partial charge in [0.2, 0.25) is 0 Å². The number of benzene rings is 1. The van der Waals surface area contributed by atoms with Crippen LogP contribution in [0, 0.1) is 17.6 Å². The maximum atomic E-state index is 13.6. The maximum Gasteiger partial charge on any atom is 0.324 e. The van der Waals surface area contributed by atoms with Crippen LogP contribution in [0.3, 0.4) is 0 Å². The van der Waals surface area contributed by atoms with E-state index in [0.29, 0.717) is 11.6 Å². The lowest BCUT2D eigenvalue weighted by atomic mass is 10.0. The van der Waals surface area contributed by atoms with Gasteiger partial charge in [0.15, 0.2) is 17.2 Å². The van der Waals surface area contributed by atoms with Crippen LogP contribution in [0.25, 0.3) is 11.0 Å².